The second-order valence-corrected chi connectivity index (χ2v) is 8.41. The highest BCUT2D eigenvalue weighted by molar-refractivity contribution is 6.17. The van der Waals surface area contributed by atoms with Gasteiger partial charge in [0.25, 0.3) is 0 Å². The largest absolute Gasteiger partial charge is 0.493 e. The molecule has 8 heteroatoms. The van der Waals surface area contributed by atoms with Crippen LogP contribution in [0.25, 0.3) is 0 Å². The molecule has 0 unspecified atom stereocenters. The van der Waals surface area contributed by atoms with Crippen LogP contribution in [-0.4, -0.2) is 81.2 Å². The van der Waals surface area contributed by atoms with Crippen molar-refractivity contribution >= 4 is 28.8 Å². The van der Waals surface area contributed by atoms with E-state index in [-0.39, 0.29) is 11.8 Å². The van der Waals surface area contributed by atoms with Crippen molar-refractivity contribution in [2.24, 2.45) is 9.98 Å². The van der Waals surface area contributed by atoms with E-state index in [1.165, 1.54) is 0 Å². The number of nitrogens with one attached hydrogen (secondary N) is 1. The number of para-hydroxylation sites is 2. The van der Waals surface area contributed by atoms with Gasteiger partial charge in [-0.05, 0) is 43.8 Å². The van der Waals surface area contributed by atoms with Gasteiger partial charge < -0.3 is 19.7 Å². The molecule has 0 spiro atoms. The van der Waals surface area contributed by atoms with E-state index in [0.29, 0.717) is 23.9 Å². The fraction of sp³-hybridized carbons (Fsp3) is 0.400. The van der Waals surface area contributed by atoms with Gasteiger partial charge in [0.2, 0.25) is 5.91 Å². The summed E-state index contributed by atoms with van der Waals surface area (Å²) in [4.78, 5) is 27.2. The maximum absolute atomic E-state index is 13.1. The Morgan fingerprint density at radius 2 is 1.67 bits per heavy atom. The lowest BCUT2D eigenvalue weighted by Crippen LogP contribution is -2.49. The highest BCUT2D eigenvalue weighted by Gasteiger charge is 2.28. The van der Waals surface area contributed by atoms with Gasteiger partial charge in [0.15, 0.2) is 11.5 Å². The summed E-state index contributed by atoms with van der Waals surface area (Å²) >= 11 is 0. The number of likely N-dealkylation sites (N-methyl/N-ethyl adjacent to an activating group) is 1. The summed E-state index contributed by atoms with van der Waals surface area (Å²) in [6, 6.07) is 13.5. The number of hydrogen-bond acceptors (Lipinski definition) is 7. The molecule has 1 amide bonds. The number of fused-ring (bicyclic) bond motifs is 1. The number of amidine groups is 1. The molecule has 0 aliphatic carbocycles. The van der Waals surface area contributed by atoms with Crippen LogP contribution in [0.1, 0.15) is 18.4 Å². The predicted octanol–water partition coefficient (Wildman–Crippen LogP) is 2.99. The van der Waals surface area contributed by atoms with E-state index < -0.39 is 0 Å². The summed E-state index contributed by atoms with van der Waals surface area (Å²) in [6.07, 6.45) is 0. The van der Waals surface area contributed by atoms with Gasteiger partial charge >= 0.3 is 0 Å². The van der Waals surface area contributed by atoms with E-state index in [1.54, 1.807) is 14.2 Å². The van der Waals surface area contributed by atoms with Gasteiger partial charge in [-0.15, -0.1) is 0 Å². The Morgan fingerprint density at radius 3 is 2.33 bits per heavy atom. The van der Waals surface area contributed by atoms with E-state index in [9.17, 15) is 4.79 Å². The molecular weight excluding hydrogens is 418 g/mol. The monoisotopic (exact) mass is 449 g/mol. The predicted molar refractivity (Wildman–Crippen MR) is 131 cm³/mol. The van der Waals surface area contributed by atoms with Crippen molar-refractivity contribution in [1.29, 1.82) is 0 Å². The topological polar surface area (TPSA) is 78.8 Å². The highest BCUT2D eigenvalue weighted by Crippen LogP contribution is 2.36. The van der Waals surface area contributed by atoms with Crippen LogP contribution in [-0.2, 0) is 4.79 Å². The number of rotatable bonds is 5. The van der Waals surface area contributed by atoms with Crippen LogP contribution in [0.3, 0.4) is 0 Å². The third kappa shape index (κ3) is 5.23. The Kier molecular flexibility index (Phi) is 7.05. The summed E-state index contributed by atoms with van der Waals surface area (Å²) in [7, 11) is 5.32. The van der Waals surface area contributed by atoms with Crippen LogP contribution < -0.4 is 14.8 Å². The fourth-order valence-corrected chi connectivity index (χ4v) is 4.22. The first-order valence-electron chi connectivity index (χ1n) is 11.1. The van der Waals surface area contributed by atoms with Crippen LogP contribution in [0.2, 0.25) is 0 Å². The number of methoxy groups -OCH3 is 2. The van der Waals surface area contributed by atoms with Gasteiger partial charge in [-0.3, -0.25) is 14.7 Å². The van der Waals surface area contributed by atoms with Crippen molar-refractivity contribution in [3.63, 3.8) is 0 Å². The molecule has 0 aromatic heterocycles. The lowest BCUT2D eigenvalue weighted by atomic mass is 9.92. The molecule has 4 rings (SSSR count). The fourth-order valence-electron chi connectivity index (χ4n) is 4.22. The van der Waals surface area contributed by atoms with Crippen LogP contribution in [0, 0.1) is 0 Å². The number of aliphatic imine (C=N–C) groups is 2. The van der Waals surface area contributed by atoms with Crippen LogP contribution in [0.4, 0.5) is 11.4 Å². The number of nitrogens with zero attached hydrogens (tertiary/aromatic N) is 4. The Hall–Kier alpha value is -3.23. The maximum atomic E-state index is 13.1. The number of amides is 1. The van der Waals surface area contributed by atoms with Gasteiger partial charge in [0.05, 0.1) is 38.1 Å². The van der Waals surface area contributed by atoms with Crippen LogP contribution >= 0.6 is 0 Å². The Morgan fingerprint density at radius 1 is 1.00 bits per heavy atom. The van der Waals surface area contributed by atoms with E-state index in [1.807, 2.05) is 49.4 Å². The first kappa shape index (κ1) is 22.9. The molecule has 1 saturated heterocycles. The average Bonchev–Trinajstić information content (AvgIpc) is 2.95. The third-order valence-electron chi connectivity index (χ3n) is 6.08. The third-order valence-corrected chi connectivity index (χ3v) is 6.08. The molecule has 8 nitrogen and oxygen atoms in total. The first-order valence-corrected chi connectivity index (χ1v) is 11.1. The van der Waals surface area contributed by atoms with Crippen LogP contribution in [0.5, 0.6) is 11.5 Å². The number of benzene rings is 2. The van der Waals surface area contributed by atoms with Crippen molar-refractivity contribution in [2.45, 2.75) is 12.8 Å². The average molecular weight is 450 g/mol. The second-order valence-electron chi connectivity index (χ2n) is 8.41. The number of ether oxygens (including phenoxy) is 2. The molecule has 0 bridgehead atoms. The summed E-state index contributed by atoms with van der Waals surface area (Å²) in [5.41, 5.74) is 3.27. The minimum absolute atomic E-state index is 0.0732. The van der Waals surface area contributed by atoms with Gasteiger partial charge in [-0.2, -0.15) is 0 Å². The molecule has 33 heavy (non-hydrogen) atoms. The lowest BCUT2D eigenvalue weighted by molar-refractivity contribution is -0.121. The van der Waals surface area contributed by atoms with Crippen molar-refractivity contribution in [1.82, 2.24) is 15.1 Å². The molecule has 2 aromatic carbocycles. The highest BCUT2D eigenvalue weighted by atomic mass is 16.5. The molecule has 2 heterocycles. The smallest absolute Gasteiger partial charge is 0.239 e. The molecule has 2 aliphatic heterocycles. The minimum Gasteiger partial charge on any atom is -0.493 e. The molecule has 1 N–H and O–H groups in total. The maximum Gasteiger partial charge on any atom is 0.239 e. The summed E-state index contributed by atoms with van der Waals surface area (Å²) in [5, 5.41) is 3.11. The zero-order valence-corrected chi connectivity index (χ0v) is 19.7. The van der Waals surface area contributed by atoms with Gasteiger partial charge in [-0.25, -0.2) is 4.99 Å². The molecule has 0 radical (unpaired) electrons. The van der Waals surface area contributed by atoms with Crippen molar-refractivity contribution in [3.8, 4) is 11.5 Å². The van der Waals surface area contributed by atoms with Gasteiger partial charge in [0.1, 0.15) is 5.84 Å². The number of piperazine rings is 1. The molecule has 1 atom stereocenters. The van der Waals surface area contributed by atoms with Crippen molar-refractivity contribution in [3.05, 3.63) is 48.0 Å². The molecule has 2 aromatic rings. The number of carbonyl (C=O) groups excluding carboxylic acids is 1. The Bertz CT molecular complexity index is 1070. The van der Waals surface area contributed by atoms with E-state index in [4.69, 9.17) is 19.5 Å². The van der Waals surface area contributed by atoms with Crippen LogP contribution in [0.15, 0.2) is 52.4 Å². The van der Waals surface area contributed by atoms with Crippen molar-refractivity contribution in [2.75, 3.05) is 54.0 Å². The number of carbonyl (C=O) groups is 1. The lowest BCUT2D eigenvalue weighted by Gasteiger charge is -2.32. The molecular formula is C25H31N5O3. The van der Waals surface area contributed by atoms with Gasteiger partial charge in [-0.1, -0.05) is 18.2 Å². The van der Waals surface area contributed by atoms with E-state index in [2.05, 4.69) is 22.2 Å². The SMILES string of the molecule is COc1ccc([C@@H]2C(C)=Nc3ccccc3N=C2NC(=O)CN2CCN(C)CC2)cc1OC. The molecule has 2 aliphatic rings. The number of hydrogen-bond donors (Lipinski definition) is 1. The van der Waals surface area contributed by atoms with E-state index in [0.717, 1.165) is 48.8 Å². The zero-order chi connectivity index (χ0) is 23.4. The van der Waals surface area contributed by atoms with Crippen molar-refractivity contribution < 1.29 is 14.3 Å². The molecule has 1 fully saturated rings. The molecule has 0 saturated carbocycles. The Labute approximate surface area is 194 Å². The molecule has 174 valence electrons. The van der Waals surface area contributed by atoms with Gasteiger partial charge in [0, 0.05) is 31.9 Å². The normalized spacial score (nSPS) is 19.1. The summed E-state index contributed by atoms with van der Waals surface area (Å²) < 4.78 is 10.9. The summed E-state index contributed by atoms with van der Waals surface area (Å²) in [5.74, 6) is 1.43. The standard InChI is InChI=1S/C25H31N5O3/c1-17-24(18-9-10-21(32-3)22(15-18)33-4)25(27-20-8-6-5-7-19(20)26-17)28-23(31)16-30-13-11-29(2)12-14-30/h5-10,15,24H,11-14,16H2,1-4H3,(H,27,28,31)/t24-/m0/s1. The summed E-state index contributed by atoms with van der Waals surface area (Å²) in [6.45, 7) is 5.97. The van der Waals surface area contributed by atoms with E-state index >= 15 is 0 Å². The quantitative estimate of drug-likeness (QED) is 0.759. The minimum atomic E-state index is -0.325. The second kappa shape index (κ2) is 10.1. The first-order chi connectivity index (χ1) is 16.0. The Balaban J connectivity index is 1.67. The zero-order valence-electron chi connectivity index (χ0n) is 19.7.